The second-order valence-electron chi connectivity index (χ2n) is 5.17. The highest BCUT2D eigenvalue weighted by molar-refractivity contribution is 7.84. The highest BCUT2D eigenvalue weighted by atomic mass is 32.2. The van der Waals surface area contributed by atoms with Gasteiger partial charge in [0.15, 0.2) is 5.96 Å². The number of nitrogens with zero attached hydrogens (tertiary/aromatic N) is 2. The lowest BCUT2D eigenvalue weighted by Crippen LogP contribution is -2.38. The first kappa shape index (κ1) is 15.0. The van der Waals surface area contributed by atoms with Crippen molar-refractivity contribution in [2.24, 2.45) is 10.7 Å². The lowest BCUT2D eigenvalue weighted by Gasteiger charge is -2.21. The summed E-state index contributed by atoms with van der Waals surface area (Å²) in [6.45, 7) is 2.62. The quantitative estimate of drug-likeness (QED) is 0.686. The van der Waals surface area contributed by atoms with Crippen molar-refractivity contribution in [3.8, 4) is 0 Å². The second kappa shape index (κ2) is 7.43. The Balaban J connectivity index is 1.95. The van der Waals surface area contributed by atoms with Gasteiger partial charge in [0.05, 0.1) is 6.54 Å². The van der Waals surface area contributed by atoms with Gasteiger partial charge in [-0.05, 0) is 30.5 Å². The average molecular weight is 293 g/mol. The molecule has 20 heavy (non-hydrogen) atoms. The number of hydrogen-bond donors (Lipinski definition) is 1. The van der Waals surface area contributed by atoms with Crippen molar-refractivity contribution in [1.29, 1.82) is 0 Å². The number of aliphatic imine (C=N–C) groups is 1. The monoisotopic (exact) mass is 293 g/mol. The molecule has 0 spiro atoms. The molecule has 5 heteroatoms. The summed E-state index contributed by atoms with van der Waals surface area (Å²) >= 11 is 0. The molecular weight excluding hydrogens is 270 g/mol. The van der Waals surface area contributed by atoms with Gasteiger partial charge in [-0.1, -0.05) is 25.0 Å². The van der Waals surface area contributed by atoms with Gasteiger partial charge in [-0.15, -0.1) is 0 Å². The van der Waals surface area contributed by atoms with Gasteiger partial charge in [-0.25, -0.2) is 4.99 Å². The van der Waals surface area contributed by atoms with Crippen LogP contribution in [0.25, 0.3) is 0 Å². The minimum Gasteiger partial charge on any atom is -0.370 e. The Morgan fingerprint density at radius 3 is 2.35 bits per heavy atom. The Morgan fingerprint density at radius 1 is 1.20 bits per heavy atom. The number of guanidine groups is 1. The van der Waals surface area contributed by atoms with Crippen LogP contribution in [0.3, 0.4) is 0 Å². The topological polar surface area (TPSA) is 58.7 Å². The molecule has 0 aromatic heterocycles. The van der Waals surface area contributed by atoms with Crippen LogP contribution in [0.2, 0.25) is 0 Å². The molecule has 0 saturated carbocycles. The van der Waals surface area contributed by atoms with Crippen molar-refractivity contribution in [3.05, 3.63) is 29.8 Å². The zero-order valence-electron chi connectivity index (χ0n) is 12.0. The van der Waals surface area contributed by atoms with Crippen LogP contribution in [0, 0.1) is 0 Å². The predicted octanol–water partition coefficient (Wildman–Crippen LogP) is 2.11. The van der Waals surface area contributed by atoms with E-state index in [9.17, 15) is 4.21 Å². The lowest BCUT2D eigenvalue weighted by atomic mass is 10.2. The van der Waals surface area contributed by atoms with E-state index in [1.807, 2.05) is 24.3 Å². The molecule has 1 aromatic carbocycles. The van der Waals surface area contributed by atoms with E-state index in [-0.39, 0.29) is 0 Å². The zero-order valence-corrected chi connectivity index (χ0v) is 12.9. The predicted molar refractivity (Wildman–Crippen MR) is 84.1 cm³/mol. The van der Waals surface area contributed by atoms with Crippen LogP contribution in [0.15, 0.2) is 34.2 Å². The summed E-state index contributed by atoms with van der Waals surface area (Å²) in [5.41, 5.74) is 7.17. The standard InChI is InChI=1S/C15H23N3OS/c1-20(19)14-8-6-13(7-9-14)12-17-15(16)18-10-4-2-3-5-11-18/h6-9H,2-5,10-12H2,1H3,(H2,16,17)/t20-/m1/s1. The number of hydrogen-bond acceptors (Lipinski definition) is 2. The maximum atomic E-state index is 11.3. The summed E-state index contributed by atoms with van der Waals surface area (Å²) in [5.74, 6) is 0.648. The van der Waals surface area contributed by atoms with E-state index in [1.165, 1.54) is 25.7 Å². The van der Waals surface area contributed by atoms with E-state index in [1.54, 1.807) is 6.26 Å². The van der Waals surface area contributed by atoms with Crippen LogP contribution >= 0.6 is 0 Å². The number of nitrogens with two attached hydrogens (primary N) is 1. The number of likely N-dealkylation sites (tertiary alicyclic amines) is 1. The molecule has 4 nitrogen and oxygen atoms in total. The van der Waals surface area contributed by atoms with E-state index in [0.717, 1.165) is 23.5 Å². The Hall–Kier alpha value is -1.36. The molecule has 1 aliphatic rings. The van der Waals surface area contributed by atoms with Crippen molar-refractivity contribution in [2.45, 2.75) is 37.1 Å². The van der Waals surface area contributed by atoms with Gasteiger partial charge < -0.3 is 10.6 Å². The molecule has 1 aromatic rings. The van der Waals surface area contributed by atoms with Gasteiger partial charge in [0.2, 0.25) is 0 Å². The van der Waals surface area contributed by atoms with Gasteiger partial charge >= 0.3 is 0 Å². The molecule has 0 unspecified atom stereocenters. The molecule has 1 saturated heterocycles. The highest BCUT2D eigenvalue weighted by Crippen LogP contribution is 2.11. The first-order valence-corrected chi connectivity index (χ1v) is 8.70. The molecule has 2 rings (SSSR count). The van der Waals surface area contributed by atoms with Crippen molar-refractivity contribution in [1.82, 2.24) is 4.90 Å². The normalized spacial score (nSPS) is 18.6. The molecule has 0 bridgehead atoms. The van der Waals surface area contributed by atoms with Crippen molar-refractivity contribution < 1.29 is 4.21 Å². The van der Waals surface area contributed by atoms with Crippen LogP contribution in [-0.4, -0.2) is 34.4 Å². The largest absolute Gasteiger partial charge is 0.370 e. The summed E-state index contributed by atoms with van der Waals surface area (Å²) in [6.07, 6.45) is 6.67. The zero-order chi connectivity index (χ0) is 14.4. The van der Waals surface area contributed by atoms with Crippen LogP contribution in [0.4, 0.5) is 0 Å². The average Bonchev–Trinajstić information content (AvgIpc) is 2.74. The van der Waals surface area contributed by atoms with E-state index < -0.39 is 10.8 Å². The van der Waals surface area contributed by atoms with E-state index in [4.69, 9.17) is 5.73 Å². The van der Waals surface area contributed by atoms with Crippen molar-refractivity contribution in [3.63, 3.8) is 0 Å². The van der Waals surface area contributed by atoms with Gasteiger partial charge in [0, 0.05) is 35.0 Å². The number of rotatable bonds is 3. The minimum atomic E-state index is -0.924. The van der Waals surface area contributed by atoms with E-state index in [0.29, 0.717) is 12.5 Å². The fourth-order valence-electron chi connectivity index (χ4n) is 2.36. The van der Waals surface area contributed by atoms with Crippen molar-refractivity contribution in [2.75, 3.05) is 19.3 Å². The molecule has 110 valence electrons. The highest BCUT2D eigenvalue weighted by Gasteiger charge is 2.10. The Bertz CT molecular complexity index is 476. The molecular formula is C15H23N3OS. The summed E-state index contributed by atoms with van der Waals surface area (Å²) in [4.78, 5) is 7.51. The first-order valence-electron chi connectivity index (χ1n) is 7.14. The molecule has 2 N–H and O–H groups in total. The Labute approximate surface area is 123 Å². The maximum absolute atomic E-state index is 11.3. The maximum Gasteiger partial charge on any atom is 0.191 e. The SMILES string of the molecule is C[S@@](=O)c1ccc(CN=C(N)N2CCCCCC2)cc1. The van der Waals surface area contributed by atoms with Gasteiger partial charge in [-0.3, -0.25) is 4.21 Å². The second-order valence-corrected chi connectivity index (χ2v) is 6.55. The molecule has 1 fully saturated rings. The fraction of sp³-hybridized carbons (Fsp3) is 0.533. The molecule has 1 heterocycles. The van der Waals surface area contributed by atoms with Gasteiger partial charge in [-0.2, -0.15) is 0 Å². The molecule has 1 aliphatic heterocycles. The van der Waals surface area contributed by atoms with Crippen molar-refractivity contribution >= 4 is 16.8 Å². The van der Waals surface area contributed by atoms with Crippen LogP contribution in [0.1, 0.15) is 31.2 Å². The summed E-state index contributed by atoms with van der Waals surface area (Å²) in [5, 5.41) is 0. The summed E-state index contributed by atoms with van der Waals surface area (Å²) < 4.78 is 11.3. The van der Waals surface area contributed by atoms with E-state index in [2.05, 4.69) is 9.89 Å². The lowest BCUT2D eigenvalue weighted by molar-refractivity contribution is 0.428. The van der Waals surface area contributed by atoms with Gasteiger partial charge in [0.25, 0.3) is 0 Å². The Morgan fingerprint density at radius 2 is 1.80 bits per heavy atom. The fourth-order valence-corrected chi connectivity index (χ4v) is 2.88. The number of benzene rings is 1. The van der Waals surface area contributed by atoms with Crippen LogP contribution in [-0.2, 0) is 17.3 Å². The van der Waals surface area contributed by atoms with Crippen LogP contribution < -0.4 is 5.73 Å². The van der Waals surface area contributed by atoms with Gasteiger partial charge in [0.1, 0.15) is 0 Å². The molecule has 0 amide bonds. The third-order valence-corrected chi connectivity index (χ3v) is 4.54. The first-order chi connectivity index (χ1) is 9.66. The summed E-state index contributed by atoms with van der Waals surface area (Å²) in [7, 11) is -0.924. The smallest absolute Gasteiger partial charge is 0.191 e. The van der Waals surface area contributed by atoms with Crippen LogP contribution in [0.5, 0.6) is 0 Å². The van der Waals surface area contributed by atoms with E-state index >= 15 is 0 Å². The third kappa shape index (κ3) is 4.34. The third-order valence-electron chi connectivity index (χ3n) is 3.61. The minimum absolute atomic E-state index is 0.582. The summed E-state index contributed by atoms with van der Waals surface area (Å²) in [6, 6.07) is 7.72. The molecule has 0 aliphatic carbocycles. The Kier molecular flexibility index (Phi) is 5.59. The molecule has 1 atom stereocenters. The molecule has 0 radical (unpaired) electrons.